The van der Waals surface area contributed by atoms with Gasteiger partial charge in [-0.05, 0) is 62.5 Å². The second-order valence-corrected chi connectivity index (χ2v) is 7.71. The van der Waals surface area contributed by atoms with Gasteiger partial charge in [0.15, 0.2) is 0 Å². The second-order valence-electron chi connectivity index (χ2n) is 5.94. The number of hydrogen-bond donors (Lipinski definition) is 2. The van der Waals surface area contributed by atoms with Gasteiger partial charge in [-0.15, -0.1) is 0 Å². The molecule has 118 valence electrons. The van der Waals surface area contributed by atoms with Crippen LogP contribution in [-0.4, -0.2) is 39.5 Å². The van der Waals surface area contributed by atoms with Crippen LogP contribution in [0.3, 0.4) is 0 Å². The summed E-state index contributed by atoms with van der Waals surface area (Å²) in [5, 5.41) is 0. The van der Waals surface area contributed by atoms with Crippen LogP contribution in [0.25, 0.3) is 0 Å². The maximum Gasteiger partial charge on any atom is 0.240 e. The Morgan fingerprint density at radius 2 is 2.00 bits per heavy atom. The first-order valence-corrected chi connectivity index (χ1v) is 8.95. The molecule has 0 radical (unpaired) electrons. The van der Waals surface area contributed by atoms with Gasteiger partial charge in [-0.25, -0.2) is 13.1 Å². The molecule has 3 N–H and O–H groups in total. The van der Waals surface area contributed by atoms with E-state index in [-0.39, 0.29) is 4.90 Å². The summed E-state index contributed by atoms with van der Waals surface area (Å²) in [6.07, 6.45) is 2.40. The third-order valence-corrected chi connectivity index (χ3v) is 5.61. The maximum atomic E-state index is 12.2. The molecule has 1 aromatic rings. The Hall–Kier alpha value is -1.11. The minimum atomic E-state index is -3.44. The van der Waals surface area contributed by atoms with E-state index in [0.29, 0.717) is 12.2 Å². The fraction of sp³-hybridized carbons (Fsp3) is 0.600. The molecule has 2 rings (SSSR count). The molecule has 6 heteroatoms. The maximum absolute atomic E-state index is 12.2. The van der Waals surface area contributed by atoms with E-state index in [0.717, 1.165) is 31.1 Å². The van der Waals surface area contributed by atoms with Crippen molar-refractivity contribution in [1.29, 1.82) is 0 Å². The Labute approximate surface area is 127 Å². The van der Waals surface area contributed by atoms with Gasteiger partial charge in [0.1, 0.15) is 0 Å². The van der Waals surface area contributed by atoms with Crippen LogP contribution in [0.2, 0.25) is 0 Å². The van der Waals surface area contributed by atoms with Crippen molar-refractivity contribution in [3.8, 4) is 0 Å². The van der Waals surface area contributed by atoms with E-state index in [1.54, 1.807) is 18.2 Å². The highest BCUT2D eigenvalue weighted by Gasteiger charge is 2.17. The van der Waals surface area contributed by atoms with Crippen molar-refractivity contribution >= 4 is 15.7 Å². The van der Waals surface area contributed by atoms with Gasteiger partial charge in [-0.2, -0.15) is 0 Å². The Morgan fingerprint density at radius 3 is 2.62 bits per heavy atom. The van der Waals surface area contributed by atoms with E-state index in [1.165, 1.54) is 12.8 Å². The van der Waals surface area contributed by atoms with Crippen LogP contribution in [-0.2, 0) is 10.0 Å². The van der Waals surface area contributed by atoms with Gasteiger partial charge in [-0.3, -0.25) is 0 Å². The summed E-state index contributed by atoms with van der Waals surface area (Å²) in [6.45, 7) is 7.40. The summed E-state index contributed by atoms with van der Waals surface area (Å²) >= 11 is 0. The molecule has 21 heavy (non-hydrogen) atoms. The van der Waals surface area contributed by atoms with E-state index in [9.17, 15) is 8.42 Å². The SMILES string of the molecule is Cc1cc(S(=O)(=O)NCCN2CCC(C)CC2)ccc1N. The first-order valence-electron chi connectivity index (χ1n) is 7.46. The predicted octanol–water partition coefficient (Wildman–Crippen LogP) is 1.59. The zero-order chi connectivity index (χ0) is 15.5. The molecule has 0 atom stereocenters. The lowest BCUT2D eigenvalue weighted by Crippen LogP contribution is -2.39. The Bertz CT molecular complexity index is 579. The fourth-order valence-electron chi connectivity index (χ4n) is 2.52. The van der Waals surface area contributed by atoms with Gasteiger partial charge in [0, 0.05) is 18.8 Å². The third kappa shape index (κ3) is 4.43. The zero-order valence-corrected chi connectivity index (χ0v) is 13.6. The molecule has 0 unspecified atom stereocenters. The van der Waals surface area contributed by atoms with Crippen LogP contribution < -0.4 is 10.5 Å². The number of hydrogen-bond acceptors (Lipinski definition) is 4. The molecule has 1 aliphatic rings. The number of nitrogens with zero attached hydrogens (tertiary/aromatic N) is 1. The first-order chi connectivity index (χ1) is 9.88. The Balaban J connectivity index is 1.88. The van der Waals surface area contributed by atoms with Gasteiger partial charge in [0.25, 0.3) is 0 Å². The standard InChI is InChI=1S/C15H25N3O2S/c1-12-5-8-18(9-6-12)10-7-17-21(19,20)14-3-4-15(16)13(2)11-14/h3-4,11-12,17H,5-10,16H2,1-2H3. The molecular formula is C15H25N3O2S. The van der Waals surface area contributed by atoms with Crippen molar-refractivity contribution in [2.75, 3.05) is 31.9 Å². The molecule has 1 aliphatic heterocycles. The van der Waals surface area contributed by atoms with E-state index in [2.05, 4.69) is 16.5 Å². The van der Waals surface area contributed by atoms with Crippen LogP contribution in [0.4, 0.5) is 5.69 Å². The monoisotopic (exact) mass is 311 g/mol. The summed E-state index contributed by atoms with van der Waals surface area (Å²) in [5.41, 5.74) is 7.11. The average molecular weight is 311 g/mol. The number of benzene rings is 1. The number of likely N-dealkylation sites (tertiary alicyclic amines) is 1. The molecule has 0 spiro atoms. The number of nitrogens with one attached hydrogen (secondary N) is 1. The topological polar surface area (TPSA) is 75.4 Å². The van der Waals surface area contributed by atoms with Crippen molar-refractivity contribution < 1.29 is 8.42 Å². The molecule has 1 aromatic carbocycles. The van der Waals surface area contributed by atoms with Crippen LogP contribution in [0.15, 0.2) is 23.1 Å². The van der Waals surface area contributed by atoms with Crippen LogP contribution in [0.1, 0.15) is 25.3 Å². The van der Waals surface area contributed by atoms with E-state index >= 15 is 0 Å². The quantitative estimate of drug-likeness (QED) is 0.810. The highest BCUT2D eigenvalue weighted by Crippen LogP contribution is 2.17. The third-order valence-electron chi connectivity index (χ3n) is 4.15. The molecular weight excluding hydrogens is 286 g/mol. The van der Waals surface area contributed by atoms with Crippen LogP contribution in [0.5, 0.6) is 0 Å². The summed E-state index contributed by atoms with van der Waals surface area (Å²) in [7, 11) is -3.44. The summed E-state index contributed by atoms with van der Waals surface area (Å²) in [4.78, 5) is 2.60. The zero-order valence-electron chi connectivity index (χ0n) is 12.8. The largest absolute Gasteiger partial charge is 0.399 e. The Kier molecular flexibility index (Phi) is 5.24. The second kappa shape index (κ2) is 6.77. The smallest absolute Gasteiger partial charge is 0.240 e. The minimum absolute atomic E-state index is 0.279. The molecule has 1 fully saturated rings. The normalized spacial score (nSPS) is 18.0. The lowest BCUT2D eigenvalue weighted by molar-refractivity contribution is 0.195. The number of rotatable bonds is 5. The van der Waals surface area contributed by atoms with Gasteiger partial charge >= 0.3 is 0 Å². The first kappa shape index (κ1) is 16.3. The molecule has 0 bridgehead atoms. The highest BCUT2D eigenvalue weighted by molar-refractivity contribution is 7.89. The number of anilines is 1. The predicted molar refractivity (Wildman–Crippen MR) is 85.6 cm³/mol. The number of aryl methyl sites for hydroxylation is 1. The van der Waals surface area contributed by atoms with Gasteiger partial charge < -0.3 is 10.6 Å². The molecule has 0 aliphatic carbocycles. The van der Waals surface area contributed by atoms with Gasteiger partial charge in [0.2, 0.25) is 10.0 Å². The Morgan fingerprint density at radius 1 is 1.33 bits per heavy atom. The molecule has 0 amide bonds. The molecule has 0 saturated carbocycles. The number of piperidine rings is 1. The average Bonchev–Trinajstić information content (AvgIpc) is 2.44. The van der Waals surface area contributed by atoms with E-state index < -0.39 is 10.0 Å². The van der Waals surface area contributed by atoms with Crippen molar-refractivity contribution in [3.05, 3.63) is 23.8 Å². The molecule has 0 aromatic heterocycles. The molecule has 1 heterocycles. The summed E-state index contributed by atoms with van der Waals surface area (Å²) < 4.78 is 27.1. The number of sulfonamides is 1. The number of nitrogens with two attached hydrogens (primary N) is 1. The van der Waals surface area contributed by atoms with Gasteiger partial charge in [0.05, 0.1) is 4.90 Å². The summed E-state index contributed by atoms with van der Waals surface area (Å²) in [5.74, 6) is 0.788. The van der Waals surface area contributed by atoms with Crippen molar-refractivity contribution in [2.45, 2.75) is 31.6 Å². The lowest BCUT2D eigenvalue weighted by Gasteiger charge is -2.30. The van der Waals surface area contributed by atoms with Crippen molar-refractivity contribution in [1.82, 2.24) is 9.62 Å². The van der Waals surface area contributed by atoms with Crippen LogP contribution >= 0.6 is 0 Å². The molecule has 1 saturated heterocycles. The van der Waals surface area contributed by atoms with Crippen LogP contribution in [0, 0.1) is 12.8 Å². The highest BCUT2D eigenvalue weighted by atomic mass is 32.2. The van der Waals surface area contributed by atoms with E-state index in [4.69, 9.17) is 5.73 Å². The fourth-order valence-corrected chi connectivity index (χ4v) is 3.63. The lowest BCUT2D eigenvalue weighted by atomic mass is 9.99. The van der Waals surface area contributed by atoms with E-state index in [1.807, 2.05) is 6.92 Å². The number of nitrogen functional groups attached to an aromatic ring is 1. The van der Waals surface area contributed by atoms with Crippen molar-refractivity contribution in [2.24, 2.45) is 5.92 Å². The minimum Gasteiger partial charge on any atom is -0.399 e. The van der Waals surface area contributed by atoms with Crippen molar-refractivity contribution in [3.63, 3.8) is 0 Å². The van der Waals surface area contributed by atoms with Gasteiger partial charge in [-0.1, -0.05) is 6.92 Å². The molecule has 5 nitrogen and oxygen atoms in total. The summed E-state index contributed by atoms with van der Waals surface area (Å²) in [6, 6.07) is 4.80.